The van der Waals surface area contributed by atoms with E-state index in [1.807, 2.05) is 65.7 Å². The molecule has 1 atom stereocenters. The van der Waals surface area contributed by atoms with E-state index in [0.717, 1.165) is 33.9 Å². The van der Waals surface area contributed by atoms with Crippen LogP contribution in [0, 0.1) is 0 Å². The lowest BCUT2D eigenvalue weighted by atomic mass is 9.97. The highest BCUT2D eigenvalue weighted by atomic mass is 35.5. The number of nitrogens with zero attached hydrogens (tertiary/aromatic N) is 3. The van der Waals surface area contributed by atoms with E-state index in [9.17, 15) is 0 Å². The minimum Gasteiger partial charge on any atom is -0.493 e. The van der Waals surface area contributed by atoms with Gasteiger partial charge in [-0.25, -0.2) is 0 Å². The molecule has 8 heteroatoms. The number of halogens is 1. The van der Waals surface area contributed by atoms with Gasteiger partial charge < -0.3 is 19.5 Å². The molecule has 0 saturated heterocycles. The molecule has 0 aliphatic carbocycles. The molecule has 1 aliphatic rings. The molecule has 1 unspecified atom stereocenters. The molecular formula is C29H27ClN4O3. The molecule has 0 saturated carbocycles. The summed E-state index contributed by atoms with van der Waals surface area (Å²) in [7, 11) is 4.84. The van der Waals surface area contributed by atoms with Gasteiger partial charge in [0.25, 0.3) is 0 Å². The number of hydrazone groups is 1. The van der Waals surface area contributed by atoms with Crippen molar-refractivity contribution in [3.05, 3.63) is 101 Å². The highest BCUT2D eigenvalue weighted by Gasteiger charge is 2.32. The standard InChI is InChI=1S/C29H27ClN4O3/c1-35-27-16-20(17-28(36-2)29(27)37-3)26-18-25(33-34(26)24-9-7-21(30)8-10-24)19-5-4-6-23(15-19)32-22-11-13-31-14-12-22/h4-17,26H,18H2,1-3H3,(H,31,32). The van der Waals surface area contributed by atoms with Crippen LogP contribution in [0.4, 0.5) is 17.1 Å². The summed E-state index contributed by atoms with van der Waals surface area (Å²) in [5.41, 5.74) is 5.87. The van der Waals surface area contributed by atoms with Crippen LogP contribution in [0.25, 0.3) is 0 Å². The van der Waals surface area contributed by atoms with Gasteiger partial charge >= 0.3 is 0 Å². The largest absolute Gasteiger partial charge is 0.493 e. The Bertz CT molecular complexity index is 1390. The number of ether oxygens (including phenoxy) is 3. The molecule has 188 valence electrons. The fourth-order valence-corrected chi connectivity index (χ4v) is 4.57. The smallest absolute Gasteiger partial charge is 0.203 e. The van der Waals surface area contributed by atoms with Gasteiger partial charge in [-0.2, -0.15) is 5.10 Å². The van der Waals surface area contributed by atoms with Crippen molar-refractivity contribution in [2.75, 3.05) is 31.7 Å². The molecule has 1 aliphatic heterocycles. The van der Waals surface area contributed by atoms with Crippen LogP contribution in [0.3, 0.4) is 0 Å². The first-order valence-electron chi connectivity index (χ1n) is 11.8. The van der Waals surface area contributed by atoms with Crippen molar-refractivity contribution in [2.45, 2.75) is 12.5 Å². The minimum atomic E-state index is -0.0957. The van der Waals surface area contributed by atoms with Crippen molar-refractivity contribution >= 4 is 34.4 Å². The van der Waals surface area contributed by atoms with E-state index in [4.69, 9.17) is 30.9 Å². The highest BCUT2D eigenvalue weighted by Crippen LogP contribution is 2.44. The predicted octanol–water partition coefficient (Wildman–Crippen LogP) is 6.86. The van der Waals surface area contributed by atoms with Crippen molar-refractivity contribution in [2.24, 2.45) is 5.10 Å². The van der Waals surface area contributed by atoms with Gasteiger partial charge in [-0.15, -0.1) is 0 Å². The second-order valence-corrected chi connectivity index (χ2v) is 8.92. The molecule has 3 aromatic carbocycles. The van der Waals surface area contributed by atoms with Crippen LogP contribution in [-0.4, -0.2) is 32.0 Å². The fourth-order valence-electron chi connectivity index (χ4n) is 4.45. The number of aromatic nitrogens is 1. The Kier molecular flexibility index (Phi) is 7.14. The van der Waals surface area contributed by atoms with Crippen molar-refractivity contribution in [1.29, 1.82) is 0 Å². The lowest BCUT2D eigenvalue weighted by Crippen LogP contribution is -2.18. The number of rotatable bonds is 8. The lowest BCUT2D eigenvalue weighted by Gasteiger charge is -2.25. The van der Waals surface area contributed by atoms with Crippen LogP contribution in [-0.2, 0) is 0 Å². The van der Waals surface area contributed by atoms with E-state index >= 15 is 0 Å². The number of anilines is 3. The number of pyridine rings is 1. The minimum absolute atomic E-state index is 0.0957. The molecule has 0 fully saturated rings. The first-order chi connectivity index (χ1) is 18.1. The summed E-state index contributed by atoms with van der Waals surface area (Å²) in [6, 6.07) is 23.7. The van der Waals surface area contributed by atoms with Gasteiger partial charge in [-0.05, 0) is 71.8 Å². The number of methoxy groups -OCH3 is 3. The average molecular weight is 515 g/mol. The topological polar surface area (TPSA) is 68.2 Å². The summed E-state index contributed by atoms with van der Waals surface area (Å²) in [4.78, 5) is 4.08. The van der Waals surface area contributed by atoms with Gasteiger partial charge in [0.05, 0.1) is 38.8 Å². The lowest BCUT2D eigenvalue weighted by molar-refractivity contribution is 0.323. The van der Waals surface area contributed by atoms with Crippen molar-refractivity contribution in [3.63, 3.8) is 0 Å². The van der Waals surface area contributed by atoms with Gasteiger partial charge in [0.15, 0.2) is 11.5 Å². The van der Waals surface area contributed by atoms with Crippen LogP contribution in [0.15, 0.2) is 90.3 Å². The van der Waals surface area contributed by atoms with Crippen LogP contribution >= 0.6 is 11.6 Å². The fraction of sp³-hybridized carbons (Fsp3) is 0.172. The van der Waals surface area contributed by atoms with Gasteiger partial charge in [-0.1, -0.05) is 23.7 Å². The molecule has 0 bridgehead atoms. The Hall–Kier alpha value is -4.23. The van der Waals surface area contributed by atoms with Gasteiger partial charge in [0.1, 0.15) is 0 Å². The molecule has 5 rings (SSSR count). The van der Waals surface area contributed by atoms with Gasteiger partial charge in [0.2, 0.25) is 5.75 Å². The zero-order chi connectivity index (χ0) is 25.8. The van der Waals surface area contributed by atoms with E-state index in [-0.39, 0.29) is 6.04 Å². The Balaban J connectivity index is 1.53. The molecule has 0 spiro atoms. The zero-order valence-electron chi connectivity index (χ0n) is 20.8. The molecule has 1 N–H and O–H groups in total. The first-order valence-corrected chi connectivity index (χ1v) is 12.2. The predicted molar refractivity (Wildman–Crippen MR) is 148 cm³/mol. The average Bonchev–Trinajstić information content (AvgIpc) is 3.39. The Labute approximate surface area is 221 Å². The summed E-state index contributed by atoms with van der Waals surface area (Å²) >= 11 is 6.18. The summed E-state index contributed by atoms with van der Waals surface area (Å²) in [5, 5.41) is 11.2. The monoisotopic (exact) mass is 514 g/mol. The van der Waals surface area contributed by atoms with Crippen LogP contribution in [0.2, 0.25) is 5.02 Å². The Morgan fingerprint density at radius 1 is 0.838 bits per heavy atom. The molecule has 2 heterocycles. The molecule has 37 heavy (non-hydrogen) atoms. The number of hydrogen-bond acceptors (Lipinski definition) is 7. The third kappa shape index (κ3) is 5.17. The van der Waals surface area contributed by atoms with E-state index in [1.54, 1.807) is 33.7 Å². The normalized spacial score (nSPS) is 14.8. The maximum absolute atomic E-state index is 6.18. The van der Waals surface area contributed by atoms with Crippen LogP contribution in [0.1, 0.15) is 23.6 Å². The van der Waals surface area contributed by atoms with E-state index in [0.29, 0.717) is 28.7 Å². The van der Waals surface area contributed by atoms with Gasteiger partial charge in [-0.3, -0.25) is 9.99 Å². The van der Waals surface area contributed by atoms with Crippen LogP contribution in [0.5, 0.6) is 17.2 Å². The molecule has 0 amide bonds. The molecule has 0 radical (unpaired) electrons. The van der Waals surface area contributed by atoms with Crippen LogP contribution < -0.4 is 24.5 Å². The van der Waals surface area contributed by atoms with Gasteiger partial charge in [0, 0.05) is 35.2 Å². The number of nitrogens with one attached hydrogen (secondary N) is 1. The molecule has 1 aromatic heterocycles. The van der Waals surface area contributed by atoms with E-state index in [2.05, 4.69) is 22.4 Å². The highest BCUT2D eigenvalue weighted by molar-refractivity contribution is 6.30. The first kappa shape index (κ1) is 24.5. The summed E-state index contributed by atoms with van der Waals surface area (Å²) in [5.74, 6) is 1.76. The third-order valence-electron chi connectivity index (χ3n) is 6.24. The molecule has 4 aromatic rings. The quantitative estimate of drug-likeness (QED) is 0.277. The maximum Gasteiger partial charge on any atom is 0.203 e. The van der Waals surface area contributed by atoms with E-state index < -0.39 is 0 Å². The number of benzene rings is 3. The Morgan fingerprint density at radius 2 is 1.54 bits per heavy atom. The van der Waals surface area contributed by atoms with Crippen molar-refractivity contribution < 1.29 is 14.2 Å². The maximum atomic E-state index is 6.18. The SMILES string of the molecule is COc1cc(C2CC(c3cccc(Nc4ccncc4)c3)=NN2c2ccc(Cl)cc2)cc(OC)c1OC. The molecular weight excluding hydrogens is 488 g/mol. The summed E-state index contributed by atoms with van der Waals surface area (Å²) in [6.45, 7) is 0. The second kappa shape index (κ2) is 10.8. The number of hydrogen-bond donors (Lipinski definition) is 1. The second-order valence-electron chi connectivity index (χ2n) is 8.49. The van der Waals surface area contributed by atoms with E-state index in [1.165, 1.54) is 0 Å². The zero-order valence-corrected chi connectivity index (χ0v) is 21.6. The molecule has 7 nitrogen and oxygen atoms in total. The summed E-state index contributed by atoms with van der Waals surface area (Å²) < 4.78 is 16.8. The third-order valence-corrected chi connectivity index (χ3v) is 6.49. The summed E-state index contributed by atoms with van der Waals surface area (Å²) in [6.07, 6.45) is 4.21. The van der Waals surface area contributed by atoms with Crippen molar-refractivity contribution in [1.82, 2.24) is 4.98 Å². The Morgan fingerprint density at radius 3 is 2.19 bits per heavy atom. The van der Waals surface area contributed by atoms with Crippen molar-refractivity contribution in [3.8, 4) is 17.2 Å².